The summed E-state index contributed by atoms with van der Waals surface area (Å²) in [5, 5.41) is 2.13. The highest BCUT2D eigenvalue weighted by atomic mass is 35.5. The lowest BCUT2D eigenvalue weighted by Gasteiger charge is -2.07. The first-order chi connectivity index (χ1) is 9.65. The normalized spacial score (nSPS) is 9.85. The lowest BCUT2D eigenvalue weighted by atomic mass is 10.2. The van der Waals surface area contributed by atoms with Crippen LogP contribution in [0.3, 0.4) is 0 Å². The minimum absolute atomic E-state index is 0.144. The Bertz CT molecular complexity index is 614. The van der Waals surface area contributed by atoms with Gasteiger partial charge in [-0.2, -0.15) is 0 Å². The van der Waals surface area contributed by atoms with Crippen molar-refractivity contribution in [3.63, 3.8) is 0 Å². The number of para-hydroxylation sites is 1. The summed E-state index contributed by atoms with van der Waals surface area (Å²) in [5.41, 5.74) is 1.03. The molecule has 0 unspecified atom stereocenters. The SMILES string of the molecule is O=C(COc1cccc(C(=O)Cl)c1)Nc1ccccc1. The third kappa shape index (κ3) is 4.10. The molecule has 2 rings (SSSR count). The standard InChI is InChI=1S/C15H12ClNO3/c16-15(19)11-5-4-8-13(9-11)20-10-14(18)17-12-6-2-1-3-7-12/h1-9H,10H2,(H,17,18). The van der Waals surface area contributed by atoms with E-state index in [0.29, 0.717) is 17.0 Å². The van der Waals surface area contributed by atoms with Crippen molar-refractivity contribution < 1.29 is 14.3 Å². The van der Waals surface area contributed by atoms with Gasteiger partial charge in [0.2, 0.25) is 0 Å². The van der Waals surface area contributed by atoms with Gasteiger partial charge in [0.15, 0.2) is 6.61 Å². The van der Waals surface area contributed by atoms with Crippen LogP contribution < -0.4 is 10.1 Å². The molecule has 0 radical (unpaired) electrons. The van der Waals surface area contributed by atoms with Crippen molar-refractivity contribution in [2.75, 3.05) is 11.9 Å². The molecule has 0 aliphatic rings. The maximum absolute atomic E-state index is 11.7. The van der Waals surface area contributed by atoms with Gasteiger partial charge in [-0.3, -0.25) is 9.59 Å². The highest BCUT2D eigenvalue weighted by Gasteiger charge is 2.06. The Morgan fingerprint density at radius 1 is 1.05 bits per heavy atom. The van der Waals surface area contributed by atoms with E-state index in [9.17, 15) is 9.59 Å². The first-order valence-electron chi connectivity index (χ1n) is 5.93. The van der Waals surface area contributed by atoms with Gasteiger partial charge in [-0.25, -0.2) is 0 Å². The molecule has 0 atom stereocenters. The molecule has 4 nitrogen and oxygen atoms in total. The molecular weight excluding hydrogens is 278 g/mol. The topological polar surface area (TPSA) is 55.4 Å². The molecule has 2 aromatic carbocycles. The monoisotopic (exact) mass is 289 g/mol. The summed E-state index contributed by atoms with van der Waals surface area (Å²) in [7, 11) is 0. The Morgan fingerprint density at radius 2 is 1.80 bits per heavy atom. The van der Waals surface area contributed by atoms with E-state index in [1.54, 1.807) is 30.3 Å². The molecule has 0 spiro atoms. The van der Waals surface area contributed by atoms with Crippen LogP contribution in [0.4, 0.5) is 5.69 Å². The number of anilines is 1. The number of ether oxygens (including phenoxy) is 1. The molecule has 0 aliphatic heterocycles. The summed E-state index contributed by atoms with van der Waals surface area (Å²) in [6.45, 7) is -0.144. The molecule has 0 heterocycles. The number of halogens is 1. The summed E-state index contributed by atoms with van der Waals surface area (Å²) < 4.78 is 5.31. The summed E-state index contributed by atoms with van der Waals surface area (Å²) >= 11 is 5.37. The van der Waals surface area contributed by atoms with Crippen LogP contribution in [-0.4, -0.2) is 17.8 Å². The van der Waals surface area contributed by atoms with Gasteiger partial charge in [-0.15, -0.1) is 0 Å². The molecule has 0 aliphatic carbocycles. The summed E-state index contributed by atoms with van der Waals surface area (Å²) in [6.07, 6.45) is 0. The van der Waals surface area contributed by atoms with Crippen LogP contribution in [0.1, 0.15) is 10.4 Å². The molecular formula is C15H12ClNO3. The van der Waals surface area contributed by atoms with Gasteiger partial charge in [0.1, 0.15) is 5.75 Å². The van der Waals surface area contributed by atoms with Crippen molar-refractivity contribution >= 4 is 28.4 Å². The van der Waals surface area contributed by atoms with Crippen LogP contribution in [0, 0.1) is 0 Å². The van der Waals surface area contributed by atoms with Crippen LogP contribution >= 0.6 is 11.6 Å². The smallest absolute Gasteiger partial charge is 0.262 e. The van der Waals surface area contributed by atoms with Crippen molar-refractivity contribution in [2.24, 2.45) is 0 Å². The predicted molar refractivity (Wildman–Crippen MR) is 77.2 cm³/mol. The van der Waals surface area contributed by atoms with E-state index in [0.717, 1.165) is 0 Å². The molecule has 0 saturated carbocycles. The number of carbonyl (C=O) groups is 2. The number of rotatable bonds is 5. The Labute approximate surface area is 121 Å². The van der Waals surface area contributed by atoms with Crippen molar-refractivity contribution in [3.8, 4) is 5.75 Å². The second kappa shape index (κ2) is 6.73. The van der Waals surface area contributed by atoms with Gasteiger partial charge < -0.3 is 10.1 Å². The van der Waals surface area contributed by atoms with E-state index in [-0.39, 0.29) is 12.5 Å². The number of nitrogens with one attached hydrogen (secondary N) is 1. The lowest BCUT2D eigenvalue weighted by Crippen LogP contribution is -2.20. The number of amides is 1. The predicted octanol–water partition coefficient (Wildman–Crippen LogP) is 3.08. The third-order valence-corrected chi connectivity index (χ3v) is 2.71. The van der Waals surface area contributed by atoms with Crippen molar-refractivity contribution in [2.45, 2.75) is 0 Å². The van der Waals surface area contributed by atoms with Crippen LogP contribution in [-0.2, 0) is 4.79 Å². The minimum Gasteiger partial charge on any atom is -0.484 e. The fourth-order valence-corrected chi connectivity index (χ4v) is 1.69. The van der Waals surface area contributed by atoms with E-state index in [4.69, 9.17) is 16.3 Å². The molecule has 0 fully saturated rings. The minimum atomic E-state index is -0.566. The number of benzene rings is 2. The maximum Gasteiger partial charge on any atom is 0.262 e. The number of hydrogen-bond donors (Lipinski definition) is 1. The molecule has 0 saturated heterocycles. The first-order valence-corrected chi connectivity index (χ1v) is 6.30. The quantitative estimate of drug-likeness (QED) is 0.861. The highest BCUT2D eigenvalue weighted by Crippen LogP contribution is 2.15. The fraction of sp³-hybridized carbons (Fsp3) is 0.0667. The average Bonchev–Trinajstić information content (AvgIpc) is 2.46. The zero-order valence-corrected chi connectivity index (χ0v) is 11.3. The van der Waals surface area contributed by atoms with Gasteiger partial charge in [-0.1, -0.05) is 24.3 Å². The van der Waals surface area contributed by atoms with E-state index in [2.05, 4.69) is 5.32 Å². The van der Waals surface area contributed by atoms with Crippen LogP contribution in [0.15, 0.2) is 54.6 Å². The molecule has 20 heavy (non-hydrogen) atoms. The van der Waals surface area contributed by atoms with Crippen molar-refractivity contribution in [1.82, 2.24) is 0 Å². The molecule has 5 heteroatoms. The maximum atomic E-state index is 11.7. The van der Waals surface area contributed by atoms with Gasteiger partial charge in [-0.05, 0) is 41.9 Å². The molecule has 1 N–H and O–H groups in total. The summed E-state index contributed by atoms with van der Waals surface area (Å²) in [5.74, 6) is 0.138. The second-order valence-corrected chi connectivity index (χ2v) is 4.35. The van der Waals surface area contributed by atoms with Crippen molar-refractivity contribution in [3.05, 3.63) is 60.2 Å². The zero-order chi connectivity index (χ0) is 14.4. The van der Waals surface area contributed by atoms with Crippen LogP contribution in [0.2, 0.25) is 0 Å². The lowest BCUT2D eigenvalue weighted by molar-refractivity contribution is -0.118. The molecule has 102 valence electrons. The summed E-state index contributed by atoms with van der Waals surface area (Å²) in [4.78, 5) is 22.7. The molecule has 0 aromatic heterocycles. The van der Waals surface area contributed by atoms with Crippen molar-refractivity contribution in [1.29, 1.82) is 0 Å². The Balaban J connectivity index is 1.90. The Morgan fingerprint density at radius 3 is 2.50 bits per heavy atom. The third-order valence-electron chi connectivity index (χ3n) is 2.49. The zero-order valence-electron chi connectivity index (χ0n) is 10.5. The second-order valence-electron chi connectivity index (χ2n) is 4.00. The molecule has 1 amide bonds. The van der Waals surface area contributed by atoms with Crippen LogP contribution in [0.25, 0.3) is 0 Å². The number of hydrogen-bond acceptors (Lipinski definition) is 3. The average molecular weight is 290 g/mol. The van der Waals surface area contributed by atoms with Gasteiger partial charge in [0.25, 0.3) is 11.1 Å². The summed E-state index contributed by atoms with van der Waals surface area (Å²) in [6, 6.07) is 15.4. The highest BCUT2D eigenvalue weighted by molar-refractivity contribution is 6.67. The Hall–Kier alpha value is -2.33. The number of carbonyl (C=O) groups excluding carboxylic acids is 2. The van der Waals surface area contributed by atoms with E-state index in [1.807, 2.05) is 18.2 Å². The van der Waals surface area contributed by atoms with Gasteiger partial charge in [0, 0.05) is 11.3 Å². The largest absolute Gasteiger partial charge is 0.484 e. The van der Waals surface area contributed by atoms with E-state index in [1.165, 1.54) is 6.07 Å². The molecule has 0 bridgehead atoms. The van der Waals surface area contributed by atoms with Gasteiger partial charge in [0.05, 0.1) is 0 Å². The van der Waals surface area contributed by atoms with Crippen LogP contribution in [0.5, 0.6) is 5.75 Å². The first kappa shape index (κ1) is 14.1. The fourth-order valence-electron chi connectivity index (χ4n) is 1.58. The van der Waals surface area contributed by atoms with E-state index >= 15 is 0 Å². The van der Waals surface area contributed by atoms with Gasteiger partial charge >= 0.3 is 0 Å². The Kier molecular flexibility index (Phi) is 4.74. The van der Waals surface area contributed by atoms with E-state index < -0.39 is 5.24 Å². The molecule has 2 aromatic rings.